The average molecular weight is 401 g/mol. The third-order valence-corrected chi connectivity index (χ3v) is 5.19. The van der Waals surface area contributed by atoms with Gasteiger partial charge in [-0.3, -0.25) is 9.59 Å². The summed E-state index contributed by atoms with van der Waals surface area (Å²) in [5, 5.41) is 14.5. The Balaban J connectivity index is 1.71. The van der Waals surface area contributed by atoms with Gasteiger partial charge < -0.3 is 10.6 Å². The molecule has 0 aliphatic carbocycles. The van der Waals surface area contributed by atoms with Crippen molar-refractivity contribution in [3.8, 4) is 6.07 Å². The normalized spacial score (nSPS) is 10.1. The number of nitriles is 1. The molecule has 0 aliphatic rings. The van der Waals surface area contributed by atoms with Gasteiger partial charge in [0.1, 0.15) is 0 Å². The van der Waals surface area contributed by atoms with Crippen LogP contribution in [-0.4, -0.2) is 11.8 Å². The van der Waals surface area contributed by atoms with E-state index in [0.29, 0.717) is 28.3 Å². The lowest BCUT2D eigenvalue weighted by molar-refractivity contribution is -0.114. The molecule has 0 saturated heterocycles. The molecular formula is C23H19N3O2S. The van der Waals surface area contributed by atoms with E-state index in [2.05, 4.69) is 16.7 Å². The van der Waals surface area contributed by atoms with E-state index >= 15 is 0 Å². The smallest absolute Gasteiger partial charge is 0.256 e. The van der Waals surface area contributed by atoms with Gasteiger partial charge in [0.2, 0.25) is 5.91 Å². The first-order valence-corrected chi connectivity index (χ1v) is 9.93. The Morgan fingerprint density at radius 3 is 2.31 bits per heavy atom. The number of anilines is 2. The summed E-state index contributed by atoms with van der Waals surface area (Å²) in [7, 11) is 0. The van der Waals surface area contributed by atoms with Gasteiger partial charge in [0.25, 0.3) is 5.91 Å². The number of carbonyl (C=O) groups is 2. The Morgan fingerprint density at radius 1 is 0.931 bits per heavy atom. The monoisotopic (exact) mass is 401 g/mol. The summed E-state index contributed by atoms with van der Waals surface area (Å²) >= 11 is 1.56. The van der Waals surface area contributed by atoms with E-state index in [1.54, 1.807) is 54.2 Å². The van der Waals surface area contributed by atoms with Crippen molar-refractivity contribution in [3.05, 3.63) is 89.5 Å². The zero-order valence-corrected chi connectivity index (χ0v) is 16.6. The molecule has 0 fully saturated rings. The molecule has 3 aromatic carbocycles. The highest BCUT2D eigenvalue weighted by Gasteiger charge is 2.12. The van der Waals surface area contributed by atoms with E-state index < -0.39 is 0 Å². The number of benzene rings is 3. The van der Waals surface area contributed by atoms with Gasteiger partial charge in [-0.05, 0) is 48.0 Å². The van der Waals surface area contributed by atoms with E-state index in [4.69, 9.17) is 5.26 Å². The molecule has 0 saturated carbocycles. The molecular weight excluding hydrogens is 382 g/mol. The van der Waals surface area contributed by atoms with Gasteiger partial charge in [0.15, 0.2) is 0 Å². The Kier molecular flexibility index (Phi) is 6.67. The van der Waals surface area contributed by atoms with E-state index in [9.17, 15) is 9.59 Å². The Morgan fingerprint density at radius 2 is 1.62 bits per heavy atom. The van der Waals surface area contributed by atoms with E-state index in [-0.39, 0.29) is 11.8 Å². The Labute approximate surface area is 173 Å². The molecule has 2 N–H and O–H groups in total. The van der Waals surface area contributed by atoms with Crippen molar-refractivity contribution < 1.29 is 9.59 Å². The van der Waals surface area contributed by atoms with Crippen LogP contribution in [-0.2, 0) is 10.5 Å². The van der Waals surface area contributed by atoms with Crippen molar-refractivity contribution in [3.63, 3.8) is 0 Å². The summed E-state index contributed by atoms with van der Waals surface area (Å²) in [4.78, 5) is 24.9. The number of hydrogen-bond donors (Lipinski definition) is 2. The van der Waals surface area contributed by atoms with Crippen molar-refractivity contribution in [2.45, 2.75) is 17.6 Å². The number of nitrogens with zero attached hydrogens (tertiary/aromatic N) is 1. The zero-order valence-electron chi connectivity index (χ0n) is 15.8. The van der Waals surface area contributed by atoms with Gasteiger partial charge in [-0.2, -0.15) is 5.26 Å². The van der Waals surface area contributed by atoms with Crippen LogP contribution in [0.2, 0.25) is 0 Å². The third kappa shape index (κ3) is 5.71. The second-order valence-electron chi connectivity index (χ2n) is 6.31. The van der Waals surface area contributed by atoms with E-state index in [1.165, 1.54) is 6.92 Å². The van der Waals surface area contributed by atoms with Crippen molar-refractivity contribution in [1.82, 2.24) is 0 Å². The first-order valence-electron chi connectivity index (χ1n) is 8.95. The highest BCUT2D eigenvalue weighted by Crippen LogP contribution is 2.27. The minimum Gasteiger partial charge on any atom is -0.326 e. The SMILES string of the molecule is CC(=O)Nc1cccc(NC(=O)c2ccccc2SCc2ccc(C#N)cc2)c1. The van der Waals surface area contributed by atoms with Crippen molar-refractivity contribution in [2.75, 3.05) is 10.6 Å². The summed E-state index contributed by atoms with van der Waals surface area (Å²) in [5.41, 5.74) is 3.51. The second kappa shape index (κ2) is 9.58. The molecule has 144 valence electrons. The van der Waals surface area contributed by atoms with Gasteiger partial charge in [-0.15, -0.1) is 11.8 Å². The van der Waals surface area contributed by atoms with Crippen molar-refractivity contribution in [1.29, 1.82) is 5.26 Å². The summed E-state index contributed by atoms with van der Waals surface area (Å²) in [6.45, 7) is 1.44. The predicted octanol–water partition coefficient (Wildman–Crippen LogP) is 5.06. The quantitative estimate of drug-likeness (QED) is 0.566. The largest absolute Gasteiger partial charge is 0.326 e. The lowest BCUT2D eigenvalue weighted by atomic mass is 10.2. The van der Waals surface area contributed by atoms with Crippen LogP contribution in [0.25, 0.3) is 0 Å². The highest BCUT2D eigenvalue weighted by molar-refractivity contribution is 7.98. The molecule has 0 heterocycles. The molecule has 0 spiro atoms. The maximum absolute atomic E-state index is 12.8. The van der Waals surface area contributed by atoms with Crippen LogP contribution in [0.3, 0.4) is 0 Å². The molecule has 0 atom stereocenters. The summed E-state index contributed by atoms with van der Waals surface area (Å²) in [6.07, 6.45) is 0. The molecule has 0 bridgehead atoms. The molecule has 0 unspecified atom stereocenters. The van der Waals surface area contributed by atoms with Crippen LogP contribution in [0.4, 0.5) is 11.4 Å². The minimum absolute atomic E-state index is 0.168. The molecule has 3 rings (SSSR count). The van der Waals surface area contributed by atoms with Crippen LogP contribution in [0.5, 0.6) is 0 Å². The Hall–Kier alpha value is -3.56. The summed E-state index contributed by atoms with van der Waals surface area (Å²) in [5.74, 6) is 0.305. The fourth-order valence-corrected chi connectivity index (χ4v) is 3.70. The molecule has 5 nitrogen and oxygen atoms in total. The van der Waals surface area contributed by atoms with Gasteiger partial charge >= 0.3 is 0 Å². The topological polar surface area (TPSA) is 82.0 Å². The minimum atomic E-state index is -0.215. The van der Waals surface area contributed by atoms with Crippen LogP contribution in [0.1, 0.15) is 28.4 Å². The zero-order chi connectivity index (χ0) is 20.6. The summed E-state index contributed by atoms with van der Waals surface area (Å²) in [6, 6.07) is 24.0. The molecule has 3 aromatic rings. The summed E-state index contributed by atoms with van der Waals surface area (Å²) < 4.78 is 0. The molecule has 0 aliphatic heterocycles. The molecule has 29 heavy (non-hydrogen) atoms. The van der Waals surface area contributed by atoms with Gasteiger partial charge in [0.05, 0.1) is 17.2 Å². The van der Waals surface area contributed by atoms with Crippen LogP contribution < -0.4 is 10.6 Å². The second-order valence-corrected chi connectivity index (χ2v) is 7.33. The molecule has 0 aromatic heterocycles. The van der Waals surface area contributed by atoms with Gasteiger partial charge in [0, 0.05) is 28.9 Å². The number of nitrogens with one attached hydrogen (secondary N) is 2. The lowest BCUT2D eigenvalue weighted by Gasteiger charge is -2.11. The van der Waals surface area contributed by atoms with Gasteiger partial charge in [-0.25, -0.2) is 0 Å². The maximum atomic E-state index is 12.8. The first kappa shape index (κ1) is 20.2. The number of amides is 2. The number of carbonyl (C=O) groups excluding carboxylic acids is 2. The van der Waals surface area contributed by atoms with Crippen molar-refractivity contribution in [2.24, 2.45) is 0 Å². The van der Waals surface area contributed by atoms with Crippen LogP contribution in [0, 0.1) is 11.3 Å². The fourth-order valence-electron chi connectivity index (χ4n) is 2.69. The van der Waals surface area contributed by atoms with Crippen LogP contribution in [0.15, 0.2) is 77.7 Å². The van der Waals surface area contributed by atoms with Crippen molar-refractivity contribution >= 4 is 35.0 Å². The number of rotatable bonds is 6. The number of hydrogen-bond acceptors (Lipinski definition) is 4. The van der Waals surface area contributed by atoms with Crippen LogP contribution >= 0.6 is 11.8 Å². The third-order valence-electron chi connectivity index (χ3n) is 4.05. The molecule has 2 amide bonds. The maximum Gasteiger partial charge on any atom is 0.256 e. The first-order chi connectivity index (χ1) is 14.0. The standard InChI is InChI=1S/C23H19N3O2S/c1-16(27)25-19-5-4-6-20(13-19)26-23(28)21-7-2-3-8-22(21)29-15-18-11-9-17(14-24)10-12-18/h2-13H,15H2,1H3,(H,25,27)(H,26,28). The molecule has 6 heteroatoms. The molecule has 0 radical (unpaired) electrons. The van der Waals surface area contributed by atoms with E-state index in [0.717, 1.165) is 10.5 Å². The fraction of sp³-hybridized carbons (Fsp3) is 0.0870. The average Bonchev–Trinajstić information content (AvgIpc) is 2.72. The number of thioether (sulfide) groups is 1. The van der Waals surface area contributed by atoms with E-state index in [1.807, 2.05) is 30.3 Å². The van der Waals surface area contributed by atoms with Gasteiger partial charge in [-0.1, -0.05) is 30.3 Å². The Bertz CT molecular complexity index is 1070. The lowest BCUT2D eigenvalue weighted by Crippen LogP contribution is -2.13. The predicted molar refractivity (Wildman–Crippen MR) is 116 cm³/mol. The highest BCUT2D eigenvalue weighted by atomic mass is 32.2.